The van der Waals surface area contributed by atoms with Gasteiger partial charge in [-0.15, -0.1) is 0 Å². The predicted molar refractivity (Wildman–Crippen MR) is 51.3 cm³/mol. The van der Waals surface area contributed by atoms with Gasteiger partial charge in [-0.2, -0.15) is 0 Å². The van der Waals surface area contributed by atoms with Gasteiger partial charge in [-0.25, -0.2) is 0 Å². The Morgan fingerprint density at radius 1 is 1.33 bits per heavy atom. The van der Waals surface area contributed by atoms with Gasteiger partial charge in [0.05, 0.1) is 0 Å². The van der Waals surface area contributed by atoms with E-state index in [-0.39, 0.29) is 0 Å². The monoisotopic (exact) mass is 161 g/mol. The molecule has 0 bridgehead atoms. The molecule has 1 aliphatic rings. The summed E-state index contributed by atoms with van der Waals surface area (Å²) in [6.45, 7) is 3.08. The van der Waals surface area contributed by atoms with E-state index >= 15 is 0 Å². The third-order valence-corrected chi connectivity index (χ3v) is 2.89. The van der Waals surface area contributed by atoms with Crippen molar-refractivity contribution in [2.75, 3.05) is 6.54 Å². The third kappa shape index (κ3) is 1.05. The number of benzene rings is 1. The summed E-state index contributed by atoms with van der Waals surface area (Å²) in [4.78, 5) is 0. The van der Waals surface area contributed by atoms with Crippen molar-refractivity contribution in [1.82, 2.24) is 0 Å². The molecular weight excluding hydrogens is 146 g/mol. The first-order valence-corrected chi connectivity index (χ1v) is 4.62. The van der Waals surface area contributed by atoms with E-state index in [9.17, 15) is 0 Å². The molecule has 2 atom stereocenters. The third-order valence-electron chi connectivity index (χ3n) is 2.89. The standard InChI is InChI=1S/C11H15N/c1-8-6-9(7-12)11-5-3-2-4-10(8)11/h2-5,8-9H,6-7,12H2,1H3/t8-,9-/m0/s1. The van der Waals surface area contributed by atoms with Crippen LogP contribution in [0.15, 0.2) is 24.3 Å². The summed E-state index contributed by atoms with van der Waals surface area (Å²) < 4.78 is 0. The second kappa shape index (κ2) is 2.91. The van der Waals surface area contributed by atoms with E-state index in [2.05, 4.69) is 31.2 Å². The Balaban J connectivity index is 2.43. The van der Waals surface area contributed by atoms with Crippen LogP contribution in [0.4, 0.5) is 0 Å². The first kappa shape index (κ1) is 7.81. The molecule has 1 nitrogen and oxygen atoms in total. The molecule has 2 rings (SSSR count). The largest absolute Gasteiger partial charge is 0.330 e. The highest BCUT2D eigenvalue weighted by Crippen LogP contribution is 2.40. The molecule has 0 aliphatic heterocycles. The van der Waals surface area contributed by atoms with Crippen molar-refractivity contribution in [2.24, 2.45) is 5.73 Å². The maximum atomic E-state index is 5.71. The first-order valence-electron chi connectivity index (χ1n) is 4.62. The van der Waals surface area contributed by atoms with Gasteiger partial charge < -0.3 is 5.73 Å². The number of nitrogens with two attached hydrogens (primary N) is 1. The highest BCUT2D eigenvalue weighted by atomic mass is 14.6. The topological polar surface area (TPSA) is 26.0 Å². The van der Waals surface area contributed by atoms with Crippen molar-refractivity contribution >= 4 is 0 Å². The first-order chi connectivity index (χ1) is 5.83. The van der Waals surface area contributed by atoms with E-state index in [1.807, 2.05) is 0 Å². The molecule has 1 heteroatoms. The lowest BCUT2D eigenvalue weighted by molar-refractivity contribution is 0.626. The van der Waals surface area contributed by atoms with Crippen LogP contribution < -0.4 is 5.73 Å². The van der Waals surface area contributed by atoms with Gasteiger partial charge in [0.15, 0.2) is 0 Å². The molecule has 0 aromatic heterocycles. The molecule has 0 unspecified atom stereocenters. The fraction of sp³-hybridized carbons (Fsp3) is 0.455. The molecule has 0 spiro atoms. The van der Waals surface area contributed by atoms with Crippen LogP contribution in [-0.2, 0) is 0 Å². The second-order valence-corrected chi connectivity index (χ2v) is 3.70. The fourth-order valence-electron chi connectivity index (χ4n) is 2.24. The molecule has 0 radical (unpaired) electrons. The van der Waals surface area contributed by atoms with Gasteiger partial charge in [-0.1, -0.05) is 31.2 Å². The minimum atomic E-state index is 0.608. The smallest absolute Gasteiger partial charge is 0.000791 e. The van der Waals surface area contributed by atoms with Crippen molar-refractivity contribution in [3.63, 3.8) is 0 Å². The van der Waals surface area contributed by atoms with Crippen molar-refractivity contribution in [2.45, 2.75) is 25.2 Å². The quantitative estimate of drug-likeness (QED) is 0.671. The summed E-state index contributed by atoms with van der Waals surface area (Å²) in [5.74, 6) is 1.31. The lowest BCUT2D eigenvalue weighted by atomic mass is 10.0. The number of hydrogen-bond donors (Lipinski definition) is 1. The van der Waals surface area contributed by atoms with Crippen molar-refractivity contribution < 1.29 is 0 Å². The molecule has 0 amide bonds. The number of hydrogen-bond acceptors (Lipinski definition) is 1. The van der Waals surface area contributed by atoms with Crippen LogP contribution in [0.1, 0.15) is 36.3 Å². The van der Waals surface area contributed by atoms with Crippen LogP contribution in [0, 0.1) is 0 Å². The molecule has 1 aromatic carbocycles. The zero-order valence-corrected chi connectivity index (χ0v) is 7.46. The molecular formula is C11H15N. The van der Waals surface area contributed by atoms with Gasteiger partial charge in [-0.05, 0) is 35.9 Å². The van der Waals surface area contributed by atoms with Crippen molar-refractivity contribution in [3.05, 3.63) is 35.4 Å². The predicted octanol–water partition coefficient (Wildman–Crippen LogP) is 2.24. The fourth-order valence-corrected chi connectivity index (χ4v) is 2.24. The Hall–Kier alpha value is -0.820. The highest BCUT2D eigenvalue weighted by molar-refractivity contribution is 5.38. The average molecular weight is 161 g/mol. The minimum Gasteiger partial charge on any atom is -0.330 e. The maximum absolute atomic E-state index is 5.71. The van der Waals surface area contributed by atoms with Gasteiger partial charge in [0.2, 0.25) is 0 Å². The van der Waals surface area contributed by atoms with Crippen LogP contribution in [0.2, 0.25) is 0 Å². The molecule has 12 heavy (non-hydrogen) atoms. The lowest BCUT2D eigenvalue weighted by Gasteiger charge is -2.06. The molecule has 1 aromatic rings. The normalized spacial score (nSPS) is 27.2. The summed E-state index contributed by atoms with van der Waals surface area (Å²) >= 11 is 0. The van der Waals surface area contributed by atoms with Crippen LogP contribution >= 0.6 is 0 Å². The van der Waals surface area contributed by atoms with E-state index in [1.54, 1.807) is 0 Å². The van der Waals surface area contributed by atoms with Crippen LogP contribution in [0.3, 0.4) is 0 Å². The van der Waals surface area contributed by atoms with E-state index in [0.717, 1.165) is 6.54 Å². The van der Waals surface area contributed by atoms with Crippen molar-refractivity contribution in [1.29, 1.82) is 0 Å². The molecule has 64 valence electrons. The van der Waals surface area contributed by atoms with Gasteiger partial charge in [0, 0.05) is 0 Å². The zero-order valence-electron chi connectivity index (χ0n) is 7.46. The van der Waals surface area contributed by atoms with E-state index in [0.29, 0.717) is 11.8 Å². The van der Waals surface area contributed by atoms with Gasteiger partial charge in [-0.3, -0.25) is 0 Å². The zero-order chi connectivity index (χ0) is 8.55. The van der Waals surface area contributed by atoms with E-state index < -0.39 is 0 Å². The molecule has 0 heterocycles. The maximum Gasteiger partial charge on any atom is -0.000791 e. The average Bonchev–Trinajstić information content (AvgIpc) is 2.44. The molecule has 0 saturated carbocycles. The molecule has 1 aliphatic carbocycles. The Morgan fingerprint density at radius 2 is 2.00 bits per heavy atom. The molecule has 0 fully saturated rings. The van der Waals surface area contributed by atoms with E-state index in [1.165, 1.54) is 17.5 Å². The summed E-state index contributed by atoms with van der Waals surface area (Å²) in [6.07, 6.45) is 1.23. The van der Waals surface area contributed by atoms with Crippen LogP contribution in [-0.4, -0.2) is 6.54 Å². The second-order valence-electron chi connectivity index (χ2n) is 3.70. The van der Waals surface area contributed by atoms with E-state index in [4.69, 9.17) is 5.73 Å². The Morgan fingerprint density at radius 3 is 2.67 bits per heavy atom. The van der Waals surface area contributed by atoms with Gasteiger partial charge in [0.1, 0.15) is 0 Å². The summed E-state index contributed by atoms with van der Waals surface area (Å²) in [7, 11) is 0. The Bertz CT molecular complexity index is 280. The summed E-state index contributed by atoms with van der Waals surface area (Å²) in [6, 6.07) is 8.68. The van der Waals surface area contributed by atoms with Gasteiger partial charge in [0.25, 0.3) is 0 Å². The number of fused-ring (bicyclic) bond motifs is 1. The minimum absolute atomic E-state index is 0.608. The lowest BCUT2D eigenvalue weighted by Crippen LogP contribution is -2.09. The summed E-state index contributed by atoms with van der Waals surface area (Å²) in [5, 5.41) is 0. The van der Waals surface area contributed by atoms with Crippen LogP contribution in [0.25, 0.3) is 0 Å². The number of rotatable bonds is 1. The van der Waals surface area contributed by atoms with Crippen LogP contribution in [0.5, 0.6) is 0 Å². The highest BCUT2D eigenvalue weighted by Gasteiger charge is 2.25. The van der Waals surface area contributed by atoms with Crippen molar-refractivity contribution in [3.8, 4) is 0 Å². The van der Waals surface area contributed by atoms with Gasteiger partial charge >= 0.3 is 0 Å². The summed E-state index contributed by atoms with van der Waals surface area (Å²) in [5.41, 5.74) is 8.70. The Kier molecular flexibility index (Phi) is 1.89. The Labute approximate surface area is 73.6 Å². The SMILES string of the molecule is C[C@H]1C[C@@H](CN)c2ccccc21. The molecule has 2 N–H and O–H groups in total. The molecule has 0 saturated heterocycles.